The van der Waals surface area contributed by atoms with Crippen LogP contribution in [0.5, 0.6) is 0 Å². The summed E-state index contributed by atoms with van der Waals surface area (Å²) < 4.78 is 0. The van der Waals surface area contributed by atoms with Gasteiger partial charge in [0.1, 0.15) is 0 Å². The zero-order chi connectivity index (χ0) is 18.8. The lowest BCUT2D eigenvalue weighted by molar-refractivity contribution is 0.0246. The SMILES string of the molecule is CN(C)c1ccc(C(=O)N2CC(N3CCN(c4ncccn4)CC3)C2)cc1. The summed E-state index contributed by atoms with van der Waals surface area (Å²) in [6.45, 7) is 5.47. The molecule has 27 heavy (non-hydrogen) atoms. The second-order valence-corrected chi connectivity index (χ2v) is 7.38. The molecule has 2 aliphatic heterocycles. The van der Waals surface area contributed by atoms with Crippen molar-refractivity contribution in [3.05, 3.63) is 48.3 Å². The van der Waals surface area contributed by atoms with Crippen molar-refractivity contribution in [3.8, 4) is 0 Å². The van der Waals surface area contributed by atoms with Crippen LogP contribution in [0.2, 0.25) is 0 Å². The monoisotopic (exact) mass is 366 g/mol. The molecule has 7 heteroatoms. The molecule has 0 unspecified atom stereocenters. The zero-order valence-electron chi connectivity index (χ0n) is 16.0. The molecule has 1 aromatic heterocycles. The third-order valence-corrected chi connectivity index (χ3v) is 5.45. The molecule has 0 aliphatic carbocycles. The molecule has 0 saturated carbocycles. The summed E-state index contributed by atoms with van der Waals surface area (Å²) in [5.74, 6) is 0.941. The van der Waals surface area contributed by atoms with Crippen LogP contribution in [0.3, 0.4) is 0 Å². The standard InChI is InChI=1S/C20H26N6O/c1-23(2)17-6-4-16(5-7-17)19(27)26-14-18(15-26)24-10-12-25(13-11-24)20-21-8-3-9-22-20/h3-9,18H,10-15H2,1-2H3. The number of rotatable bonds is 4. The van der Waals surface area contributed by atoms with Gasteiger partial charge < -0.3 is 14.7 Å². The van der Waals surface area contributed by atoms with Crippen LogP contribution in [0.1, 0.15) is 10.4 Å². The second kappa shape index (κ2) is 7.52. The number of likely N-dealkylation sites (tertiary alicyclic amines) is 1. The number of hydrogen-bond acceptors (Lipinski definition) is 6. The number of amides is 1. The first-order valence-corrected chi connectivity index (χ1v) is 9.44. The van der Waals surface area contributed by atoms with Crippen molar-refractivity contribution >= 4 is 17.5 Å². The highest BCUT2D eigenvalue weighted by molar-refractivity contribution is 5.95. The number of carbonyl (C=O) groups is 1. The molecule has 1 amide bonds. The number of nitrogens with zero attached hydrogens (tertiary/aromatic N) is 6. The molecule has 0 radical (unpaired) electrons. The third kappa shape index (κ3) is 3.73. The van der Waals surface area contributed by atoms with E-state index in [1.54, 1.807) is 12.4 Å². The normalized spacial score (nSPS) is 18.3. The third-order valence-electron chi connectivity index (χ3n) is 5.45. The van der Waals surface area contributed by atoms with Gasteiger partial charge in [-0.15, -0.1) is 0 Å². The maximum atomic E-state index is 12.6. The van der Waals surface area contributed by atoms with Crippen LogP contribution in [0, 0.1) is 0 Å². The summed E-state index contributed by atoms with van der Waals surface area (Å²) in [7, 11) is 4.00. The first kappa shape index (κ1) is 17.7. The molecule has 3 heterocycles. The van der Waals surface area contributed by atoms with Crippen molar-refractivity contribution in [1.29, 1.82) is 0 Å². The molecule has 7 nitrogen and oxygen atoms in total. The molecular formula is C20H26N6O. The van der Waals surface area contributed by atoms with Crippen LogP contribution in [-0.4, -0.2) is 85.1 Å². The zero-order valence-corrected chi connectivity index (χ0v) is 16.0. The van der Waals surface area contributed by atoms with Crippen molar-refractivity contribution in [2.75, 3.05) is 63.2 Å². The van der Waals surface area contributed by atoms with Crippen molar-refractivity contribution in [1.82, 2.24) is 19.8 Å². The molecule has 2 aliphatic rings. The van der Waals surface area contributed by atoms with Crippen molar-refractivity contribution in [2.24, 2.45) is 0 Å². The van der Waals surface area contributed by atoms with E-state index >= 15 is 0 Å². The van der Waals surface area contributed by atoms with Gasteiger partial charge in [0.2, 0.25) is 5.95 Å². The van der Waals surface area contributed by atoms with E-state index in [-0.39, 0.29) is 5.91 Å². The topological polar surface area (TPSA) is 55.8 Å². The minimum atomic E-state index is 0.132. The minimum absolute atomic E-state index is 0.132. The fourth-order valence-electron chi connectivity index (χ4n) is 3.68. The van der Waals surface area contributed by atoms with E-state index in [1.807, 2.05) is 54.2 Å². The molecule has 0 bridgehead atoms. The van der Waals surface area contributed by atoms with Crippen LogP contribution < -0.4 is 9.80 Å². The Bertz CT molecular complexity index is 765. The predicted molar refractivity (Wildman–Crippen MR) is 106 cm³/mol. The van der Waals surface area contributed by atoms with E-state index in [0.29, 0.717) is 6.04 Å². The Morgan fingerprint density at radius 2 is 1.63 bits per heavy atom. The van der Waals surface area contributed by atoms with Gasteiger partial charge in [0, 0.05) is 83.1 Å². The minimum Gasteiger partial charge on any atom is -0.378 e. The Balaban J connectivity index is 1.27. The van der Waals surface area contributed by atoms with Gasteiger partial charge in [-0.25, -0.2) is 9.97 Å². The Morgan fingerprint density at radius 3 is 2.22 bits per heavy atom. The van der Waals surface area contributed by atoms with Crippen LogP contribution >= 0.6 is 0 Å². The van der Waals surface area contributed by atoms with Crippen molar-refractivity contribution in [3.63, 3.8) is 0 Å². The quantitative estimate of drug-likeness (QED) is 0.810. The van der Waals surface area contributed by atoms with Crippen LogP contribution in [0.15, 0.2) is 42.7 Å². The summed E-state index contributed by atoms with van der Waals surface area (Å²) in [6, 6.07) is 10.1. The summed E-state index contributed by atoms with van der Waals surface area (Å²) in [5, 5.41) is 0. The van der Waals surface area contributed by atoms with E-state index < -0.39 is 0 Å². The highest BCUT2D eigenvalue weighted by atomic mass is 16.2. The van der Waals surface area contributed by atoms with E-state index in [4.69, 9.17) is 0 Å². The van der Waals surface area contributed by atoms with E-state index in [0.717, 1.165) is 56.5 Å². The molecule has 0 atom stereocenters. The summed E-state index contributed by atoms with van der Waals surface area (Å²) in [5.41, 5.74) is 1.87. The second-order valence-electron chi connectivity index (χ2n) is 7.38. The maximum absolute atomic E-state index is 12.6. The molecule has 0 spiro atoms. The largest absolute Gasteiger partial charge is 0.378 e. The van der Waals surface area contributed by atoms with Crippen LogP contribution in [0.4, 0.5) is 11.6 Å². The lowest BCUT2D eigenvalue weighted by Crippen LogP contribution is -2.64. The van der Waals surface area contributed by atoms with Gasteiger partial charge in [-0.1, -0.05) is 0 Å². The highest BCUT2D eigenvalue weighted by Gasteiger charge is 2.36. The fraction of sp³-hybridized carbons (Fsp3) is 0.450. The smallest absolute Gasteiger partial charge is 0.253 e. The Kier molecular flexibility index (Phi) is 4.94. The molecular weight excluding hydrogens is 340 g/mol. The molecule has 4 rings (SSSR count). The summed E-state index contributed by atoms with van der Waals surface area (Å²) in [6.07, 6.45) is 3.57. The van der Waals surface area contributed by atoms with Crippen LogP contribution in [-0.2, 0) is 0 Å². The van der Waals surface area contributed by atoms with Gasteiger partial charge in [-0.2, -0.15) is 0 Å². The van der Waals surface area contributed by atoms with E-state index in [2.05, 4.69) is 19.8 Å². The Hall–Kier alpha value is -2.67. The Labute approximate surface area is 160 Å². The first-order valence-electron chi connectivity index (χ1n) is 9.44. The number of carbonyl (C=O) groups excluding carboxylic acids is 1. The molecule has 0 N–H and O–H groups in total. The van der Waals surface area contributed by atoms with Gasteiger partial charge >= 0.3 is 0 Å². The Morgan fingerprint density at radius 1 is 1.00 bits per heavy atom. The van der Waals surface area contributed by atoms with Crippen molar-refractivity contribution in [2.45, 2.75) is 6.04 Å². The number of benzene rings is 1. The average molecular weight is 366 g/mol. The number of aromatic nitrogens is 2. The van der Waals surface area contributed by atoms with Gasteiger partial charge in [0.25, 0.3) is 5.91 Å². The van der Waals surface area contributed by atoms with Gasteiger partial charge in [-0.05, 0) is 30.3 Å². The van der Waals surface area contributed by atoms with E-state index in [1.165, 1.54) is 0 Å². The van der Waals surface area contributed by atoms with Gasteiger partial charge in [-0.3, -0.25) is 9.69 Å². The lowest BCUT2D eigenvalue weighted by Gasteiger charge is -2.48. The number of piperazine rings is 1. The molecule has 2 saturated heterocycles. The van der Waals surface area contributed by atoms with Crippen molar-refractivity contribution < 1.29 is 4.79 Å². The summed E-state index contributed by atoms with van der Waals surface area (Å²) in [4.78, 5) is 30.0. The van der Waals surface area contributed by atoms with E-state index in [9.17, 15) is 4.79 Å². The highest BCUT2D eigenvalue weighted by Crippen LogP contribution is 2.21. The van der Waals surface area contributed by atoms with Crippen LogP contribution in [0.25, 0.3) is 0 Å². The first-order chi connectivity index (χ1) is 13.1. The fourth-order valence-corrected chi connectivity index (χ4v) is 3.68. The summed E-state index contributed by atoms with van der Waals surface area (Å²) >= 11 is 0. The maximum Gasteiger partial charge on any atom is 0.253 e. The number of hydrogen-bond donors (Lipinski definition) is 0. The predicted octanol–water partition coefficient (Wildman–Crippen LogP) is 1.19. The van der Waals surface area contributed by atoms with Gasteiger partial charge in [0.15, 0.2) is 0 Å². The number of anilines is 2. The molecule has 2 aromatic rings. The molecule has 2 fully saturated rings. The van der Waals surface area contributed by atoms with Gasteiger partial charge in [0.05, 0.1) is 0 Å². The molecule has 142 valence electrons. The average Bonchev–Trinajstić information content (AvgIpc) is 2.68. The molecule has 1 aromatic carbocycles. The lowest BCUT2D eigenvalue weighted by atomic mass is 10.0.